The van der Waals surface area contributed by atoms with Gasteiger partial charge in [0.05, 0.1) is 18.3 Å². The number of carbonyl (C=O) groups is 1. The monoisotopic (exact) mass is 466 g/mol. The van der Waals surface area contributed by atoms with Crippen LogP contribution in [0.2, 0.25) is 0 Å². The van der Waals surface area contributed by atoms with Crippen molar-refractivity contribution in [1.82, 2.24) is 14.9 Å². The first-order valence-electron chi connectivity index (χ1n) is 11.4. The number of hydrogen-bond acceptors (Lipinski definition) is 4. The van der Waals surface area contributed by atoms with Crippen LogP contribution in [0.1, 0.15) is 65.5 Å². The molecule has 1 saturated carbocycles. The summed E-state index contributed by atoms with van der Waals surface area (Å²) in [6.07, 6.45) is 2.38. The maximum atomic E-state index is 15.2. The van der Waals surface area contributed by atoms with E-state index in [1.807, 2.05) is 6.92 Å². The molecular weight excluding hydrogens is 441 g/mol. The number of amides is 1. The number of pyridine rings is 2. The molecule has 1 unspecified atom stereocenters. The van der Waals surface area contributed by atoms with Crippen molar-refractivity contribution >= 4 is 11.7 Å². The van der Waals surface area contributed by atoms with Crippen LogP contribution in [0.5, 0.6) is 0 Å². The summed E-state index contributed by atoms with van der Waals surface area (Å²) >= 11 is 0. The summed E-state index contributed by atoms with van der Waals surface area (Å²) in [7, 11) is 0. The van der Waals surface area contributed by atoms with Crippen molar-refractivity contribution in [3.8, 4) is 11.3 Å². The zero-order chi connectivity index (χ0) is 24.2. The second-order valence-electron chi connectivity index (χ2n) is 9.07. The number of rotatable bonds is 6. The topological polar surface area (TPSA) is 58.1 Å². The number of aryl methyl sites for hydroxylation is 1. The van der Waals surface area contributed by atoms with Gasteiger partial charge in [-0.1, -0.05) is 0 Å². The zero-order valence-electron chi connectivity index (χ0n) is 19.3. The van der Waals surface area contributed by atoms with E-state index in [0.717, 1.165) is 17.7 Å². The first kappa shape index (κ1) is 22.4. The molecule has 1 aliphatic carbocycles. The summed E-state index contributed by atoms with van der Waals surface area (Å²) in [6, 6.07) is 6.46. The molecule has 1 fully saturated rings. The van der Waals surface area contributed by atoms with E-state index in [0.29, 0.717) is 48.6 Å². The molecule has 0 saturated heterocycles. The van der Waals surface area contributed by atoms with Gasteiger partial charge in [0.1, 0.15) is 23.1 Å². The van der Waals surface area contributed by atoms with Gasteiger partial charge in [0.2, 0.25) is 0 Å². The molecule has 1 atom stereocenters. The number of aromatic nitrogens is 2. The summed E-state index contributed by atoms with van der Waals surface area (Å²) in [5.74, 6) is -0.845. The minimum Gasteiger partial charge on any atom is -0.363 e. The van der Waals surface area contributed by atoms with Crippen LogP contribution in [0.4, 0.5) is 19.0 Å². The fourth-order valence-corrected chi connectivity index (χ4v) is 4.50. The SMILES string of the molecule is CCN1Cc2c(ccnc2NC(C)c2cc(F)c(-c3cc(C4(F)CC4)cc(C)n3)cc2F)C1=O. The summed E-state index contributed by atoms with van der Waals surface area (Å²) in [6.45, 7) is 6.30. The van der Waals surface area contributed by atoms with Gasteiger partial charge in [-0.25, -0.2) is 18.2 Å². The van der Waals surface area contributed by atoms with Crippen LogP contribution in [-0.2, 0) is 12.2 Å². The van der Waals surface area contributed by atoms with Crippen LogP contribution in [0, 0.1) is 18.6 Å². The molecule has 3 heterocycles. The van der Waals surface area contributed by atoms with E-state index in [4.69, 9.17) is 0 Å². The molecule has 2 aliphatic rings. The third kappa shape index (κ3) is 3.81. The van der Waals surface area contributed by atoms with Crippen molar-refractivity contribution < 1.29 is 18.0 Å². The van der Waals surface area contributed by atoms with E-state index >= 15 is 8.78 Å². The molecule has 8 heteroatoms. The first-order chi connectivity index (χ1) is 16.2. The number of alkyl halides is 1. The average Bonchev–Trinajstić information content (AvgIpc) is 3.48. The number of anilines is 1. The predicted molar refractivity (Wildman–Crippen MR) is 123 cm³/mol. The molecule has 1 aromatic carbocycles. The van der Waals surface area contributed by atoms with E-state index in [9.17, 15) is 9.18 Å². The molecule has 0 bridgehead atoms. The lowest BCUT2D eigenvalue weighted by Crippen LogP contribution is -2.22. The molecule has 5 rings (SSSR count). The van der Waals surface area contributed by atoms with Gasteiger partial charge < -0.3 is 10.2 Å². The Morgan fingerprint density at radius 1 is 1.15 bits per heavy atom. The molecule has 5 nitrogen and oxygen atoms in total. The van der Waals surface area contributed by atoms with E-state index in [1.165, 1.54) is 12.3 Å². The third-order valence-corrected chi connectivity index (χ3v) is 6.65. The fourth-order valence-electron chi connectivity index (χ4n) is 4.50. The van der Waals surface area contributed by atoms with Crippen molar-refractivity contribution in [3.05, 3.63) is 76.1 Å². The standard InChI is InChI=1S/C26H25F3N4O/c1-4-33-13-20-17(25(33)34)5-8-30-24(20)32-15(3)18-11-22(28)19(12-21(18)27)23-10-16(9-14(2)31-23)26(29)6-7-26/h5,8-12,15H,4,6-7,13H2,1-3H3,(H,30,32). The average molecular weight is 467 g/mol. The molecule has 3 aromatic rings. The zero-order valence-corrected chi connectivity index (χ0v) is 19.3. The van der Waals surface area contributed by atoms with Crippen LogP contribution < -0.4 is 5.32 Å². The van der Waals surface area contributed by atoms with Gasteiger partial charge >= 0.3 is 0 Å². The molecule has 1 amide bonds. The minimum absolute atomic E-state index is 0.00874. The first-order valence-corrected chi connectivity index (χ1v) is 11.4. The molecule has 0 radical (unpaired) electrons. The lowest BCUT2D eigenvalue weighted by molar-refractivity contribution is 0.0787. The van der Waals surface area contributed by atoms with Gasteiger partial charge in [0, 0.05) is 40.7 Å². The normalized spacial score (nSPS) is 17.0. The van der Waals surface area contributed by atoms with Gasteiger partial charge in [0.25, 0.3) is 5.91 Å². The number of nitrogens with one attached hydrogen (secondary N) is 1. The Bertz CT molecular complexity index is 1310. The third-order valence-electron chi connectivity index (χ3n) is 6.65. The molecule has 2 aromatic heterocycles. The molecule has 1 N–H and O–H groups in total. The Balaban J connectivity index is 1.45. The Morgan fingerprint density at radius 3 is 2.62 bits per heavy atom. The quantitative estimate of drug-likeness (QED) is 0.496. The molecule has 1 aliphatic heterocycles. The van der Waals surface area contributed by atoms with Gasteiger partial charge in [-0.05, 0) is 69.5 Å². The van der Waals surface area contributed by atoms with Crippen LogP contribution >= 0.6 is 0 Å². The Hall–Kier alpha value is -3.42. The lowest BCUT2D eigenvalue weighted by Gasteiger charge is -2.19. The molecule has 0 spiro atoms. The largest absolute Gasteiger partial charge is 0.363 e. The van der Waals surface area contributed by atoms with Crippen molar-refractivity contribution in [2.45, 2.75) is 51.9 Å². The van der Waals surface area contributed by atoms with Gasteiger partial charge in [-0.3, -0.25) is 9.78 Å². The van der Waals surface area contributed by atoms with Gasteiger partial charge in [-0.2, -0.15) is 0 Å². The lowest BCUT2D eigenvalue weighted by atomic mass is 10.00. The van der Waals surface area contributed by atoms with Crippen LogP contribution in [0.25, 0.3) is 11.3 Å². The van der Waals surface area contributed by atoms with E-state index in [-0.39, 0.29) is 22.7 Å². The number of fused-ring (bicyclic) bond motifs is 1. The summed E-state index contributed by atoms with van der Waals surface area (Å²) in [5, 5.41) is 3.14. The minimum atomic E-state index is -1.40. The van der Waals surface area contributed by atoms with Gasteiger partial charge in [-0.15, -0.1) is 0 Å². The number of nitrogens with zero attached hydrogens (tertiary/aromatic N) is 3. The maximum absolute atomic E-state index is 15.2. The van der Waals surface area contributed by atoms with E-state index in [2.05, 4.69) is 15.3 Å². The molecule has 176 valence electrons. The highest BCUT2D eigenvalue weighted by molar-refractivity contribution is 5.99. The Labute approximate surface area is 196 Å². The van der Waals surface area contributed by atoms with E-state index in [1.54, 1.807) is 30.9 Å². The van der Waals surface area contributed by atoms with Crippen molar-refractivity contribution in [2.75, 3.05) is 11.9 Å². The Kier molecular flexibility index (Phi) is 5.34. The van der Waals surface area contributed by atoms with Crippen LogP contribution in [0.15, 0.2) is 36.5 Å². The summed E-state index contributed by atoms with van der Waals surface area (Å²) in [4.78, 5) is 22.8. The van der Waals surface area contributed by atoms with E-state index < -0.39 is 23.3 Å². The number of hydrogen-bond donors (Lipinski definition) is 1. The number of carbonyl (C=O) groups excluding carboxylic acids is 1. The predicted octanol–water partition coefficient (Wildman–Crippen LogP) is 5.84. The smallest absolute Gasteiger partial charge is 0.254 e. The highest BCUT2D eigenvalue weighted by Crippen LogP contribution is 2.50. The highest BCUT2D eigenvalue weighted by atomic mass is 19.1. The van der Waals surface area contributed by atoms with Gasteiger partial charge in [0.15, 0.2) is 0 Å². The van der Waals surface area contributed by atoms with Crippen molar-refractivity contribution in [1.29, 1.82) is 0 Å². The van der Waals surface area contributed by atoms with Crippen LogP contribution in [0.3, 0.4) is 0 Å². The Morgan fingerprint density at radius 2 is 1.91 bits per heavy atom. The summed E-state index contributed by atoms with van der Waals surface area (Å²) in [5.41, 5.74) is 1.24. The van der Waals surface area contributed by atoms with Crippen LogP contribution in [-0.4, -0.2) is 27.3 Å². The maximum Gasteiger partial charge on any atom is 0.254 e. The van der Waals surface area contributed by atoms with Crippen molar-refractivity contribution in [3.63, 3.8) is 0 Å². The molecular formula is C26H25F3N4O. The number of halogens is 3. The second-order valence-corrected chi connectivity index (χ2v) is 9.07. The molecule has 34 heavy (non-hydrogen) atoms. The van der Waals surface area contributed by atoms with Crippen molar-refractivity contribution in [2.24, 2.45) is 0 Å². The summed E-state index contributed by atoms with van der Waals surface area (Å²) < 4.78 is 44.9. The number of benzene rings is 1. The fraction of sp³-hybridized carbons (Fsp3) is 0.346. The highest BCUT2D eigenvalue weighted by Gasteiger charge is 2.45. The second kappa shape index (κ2) is 8.11.